The highest BCUT2D eigenvalue weighted by Crippen LogP contribution is 2.47. The van der Waals surface area contributed by atoms with Crippen LogP contribution in [0.25, 0.3) is 10.9 Å². The molecule has 3 amide bonds. The summed E-state index contributed by atoms with van der Waals surface area (Å²) in [7, 11) is 1.27. The molecule has 1 aromatic carbocycles. The van der Waals surface area contributed by atoms with E-state index >= 15 is 0 Å². The fourth-order valence-corrected chi connectivity index (χ4v) is 6.75. The molecule has 1 aliphatic carbocycles. The highest BCUT2D eigenvalue weighted by molar-refractivity contribution is 6.35. The van der Waals surface area contributed by atoms with Crippen LogP contribution in [0.2, 0.25) is 5.02 Å². The Kier molecular flexibility index (Phi) is 7.66. The first-order chi connectivity index (χ1) is 18.3. The van der Waals surface area contributed by atoms with Crippen LogP contribution in [0.5, 0.6) is 0 Å². The fraction of sp³-hybridized carbons (Fsp3) is 0.571. The third-order valence-electron chi connectivity index (χ3n) is 8.55. The van der Waals surface area contributed by atoms with Crippen LogP contribution in [-0.4, -0.2) is 65.9 Å². The Morgan fingerprint density at radius 3 is 2.71 bits per heavy atom. The quantitative estimate of drug-likeness (QED) is 0.482. The van der Waals surface area contributed by atoms with Crippen molar-refractivity contribution in [3.05, 3.63) is 35.0 Å². The van der Waals surface area contributed by atoms with E-state index in [2.05, 4.69) is 15.6 Å². The standard InChI is InChI=1S/C28H35ClN4O5/c1-38-27(37)22(13-17-7-6-12-30-24(17)34)32-25(35)23-15-28(10-3-2-4-11-28)16-33(23)26(36)21-14-18-19(29)8-5-9-20(18)31-21/h5,8-9,14,17,22-23,31H,2-4,6-7,10-13,15-16H2,1H3,(H,30,34)(H,32,35)/t17-,22-,23?/m0/s1. The van der Waals surface area contributed by atoms with Crippen molar-refractivity contribution in [3.8, 4) is 0 Å². The number of carbonyl (C=O) groups is 4. The van der Waals surface area contributed by atoms with E-state index in [0.717, 1.165) is 49.4 Å². The van der Waals surface area contributed by atoms with Crippen LogP contribution in [-0.2, 0) is 19.1 Å². The van der Waals surface area contributed by atoms with Gasteiger partial charge in [-0.2, -0.15) is 0 Å². The lowest BCUT2D eigenvalue weighted by atomic mass is 9.72. The molecule has 204 valence electrons. The summed E-state index contributed by atoms with van der Waals surface area (Å²) in [4.78, 5) is 57.4. The van der Waals surface area contributed by atoms with Gasteiger partial charge in [-0.3, -0.25) is 14.4 Å². The molecule has 38 heavy (non-hydrogen) atoms. The number of hydrogen-bond acceptors (Lipinski definition) is 5. The normalized spacial score (nSPS) is 23.7. The molecule has 3 fully saturated rings. The largest absolute Gasteiger partial charge is 0.467 e. The van der Waals surface area contributed by atoms with Crippen LogP contribution in [0.3, 0.4) is 0 Å². The molecule has 1 saturated carbocycles. The number of H-pyrrole nitrogens is 1. The number of nitrogens with zero attached hydrogens (tertiary/aromatic N) is 1. The maximum absolute atomic E-state index is 13.8. The molecule has 3 aliphatic rings. The summed E-state index contributed by atoms with van der Waals surface area (Å²) in [6.07, 6.45) is 7.39. The Hall–Kier alpha value is -3.07. The number of piperidine rings is 1. The molecule has 0 radical (unpaired) electrons. The number of rotatable bonds is 6. The monoisotopic (exact) mass is 542 g/mol. The average molecular weight is 543 g/mol. The van der Waals surface area contributed by atoms with Crippen molar-refractivity contribution in [2.45, 2.75) is 69.9 Å². The van der Waals surface area contributed by atoms with Gasteiger partial charge in [-0.25, -0.2) is 4.79 Å². The Bertz CT molecular complexity index is 1240. The molecule has 3 heterocycles. The Morgan fingerprint density at radius 1 is 1.21 bits per heavy atom. The van der Waals surface area contributed by atoms with E-state index in [1.54, 1.807) is 17.0 Å². The minimum absolute atomic E-state index is 0.115. The first-order valence-electron chi connectivity index (χ1n) is 13.5. The van der Waals surface area contributed by atoms with Gasteiger partial charge in [-0.1, -0.05) is 36.9 Å². The Morgan fingerprint density at radius 2 is 2.00 bits per heavy atom. The Labute approximate surface area is 227 Å². The summed E-state index contributed by atoms with van der Waals surface area (Å²) in [5.41, 5.74) is 1.01. The van der Waals surface area contributed by atoms with Gasteiger partial charge >= 0.3 is 5.97 Å². The third kappa shape index (κ3) is 5.25. The summed E-state index contributed by atoms with van der Waals surface area (Å²) < 4.78 is 4.97. The van der Waals surface area contributed by atoms with Gasteiger partial charge in [0.15, 0.2) is 0 Å². The van der Waals surface area contributed by atoms with E-state index in [4.69, 9.17) is 16.3 Å². The van der Waals surface area contributed by atoms with E-state index in [-0.39, 0.29) is 35.5 Å². The SMILES string of the molecule is COC(=O)[C@H](C[C@@H]1CCCNC1=O)NC(=O)C1CC2(CCCCC2)CN1C(=O)c1cc2c(Cl)cccc2[nH]1. The second-order valence-corrected chi connectivity index (χ2v) is 11.5. The number of fused-ring (bicyclic) bond motifs is 1. The molecule has 9 nitrogen and oxygen atoms in total. The van der Waals surface area contributed by atoms with E-state index in [9.17, 15) is 19.2 Å². The summed E-state index contributed by atoms with van der Waals surface area (Å²) in [6, 6.07) is 5.49. The summed E-state index contributed by atoms with van der Waals surface area (Å²) in [6.45, 7) is 1.10. The summed E-state index contributed by atoms with van der Waals surface area (Å²) in [5.74, 6) is -1.74. The second-order valence-electron chi connectivity index (χ2n) is 11.0. The number of methoxy groups -OCH3 is 1. The molecular weight excluding hydrogens is 508 g/mol. The number of aromatic nitrogens is 1. The molecule has 0 bridgehead atoms. The predicted molar refractivity (Wildman–Crippen MR) is 143 cm³/mol. The summed E-state index contributed by atoms with van der Waals surface area (Å²) >= 11 is 6.34. The first kappa shape index (κ1) is 26.5. The molecule has 2 aromatic rings. The number of nitrogens with one attached hydrogen (secondary N) is 3. The zero-order valence-electron chi connectivity index (χ0n) is 21.7. The van der Waals surface area contributed by atoms with Crippen LogP contribution in [0.4, 0.5) is 0 Å². The zero-order valence-corrected chi connectivity index (χ0v) is 22.4. The number of hydrogen-bond donors (Lipinski definition) is 3. The predicted octanol–water partition coefficient (Wildman–Crippen LogP) is 3.56. The molecule has 2 saturated heterocycles. The van der Waals surface area contributed by atoms with E-state index < -0.39 is 18.1 Å². The minimum Gasteiger partial charge on any atom is -0.467 e. The molecule has 1 spiro atoms. The third-order valence-corrected chi connectivity index (χ3v) is 8.88. The highest BCUT2D eigenvalue weighted by atomic mass is 35.5. The topological polar surface area (TPSA) is 121 Å². The van der Waals surface area contributed by atoms with Crippen molar-refractivity contribution >= 4 is 46.2 Å². The molecule has 1 aromatic heterocycles. The maximum atomic E-state index is 13.8. The van der Waals surface area contributed by atoms with Crippen LogP contribution in [0.1, 0.15) is 68.3 Å². The minimum atomic E-state index is -0.965. The molecule has 5 rings (SSSR count). The number of amides is 3. The van der Waals surface area contributed by atoms with Gasteiger partial charge in [0.2, 0.25) is 11.8 Å². The van der Waals surface area contributed by atoms with Crippen molar-refractivity contribution in [2.24, 2.45) is 11.3 Å². The van der Waals surface area contributed by atoms with Gasteiger partial charge in [-0.05, 0) is 62.1 Å². The average Bonchev–Trinajstić information content (AvgIpc) is 3.52. The van der Waals surface area contributed by atoms with Crippen LogP contribution < -0.4 is 10.6 Å². The van der Waals surface area contributed by atoms with Crippen molar-refractivity contribution in [1.82, 2.24) is 20.5 Å². The van der Waals surface area contributed by atoms with Crippen LogP contribution >= 0.6 is 11.6 Å². The second kappa shape index (κ2) is 11.0. The first-order valence-corrected chi connectivity index (χ1v) is 13.9. The summed E-state index contributed by atoms with van der Waals surface area (Å²) in [5, 5.41) is 6.98. The number of carbonyl (C=O) groups excluding carboxylic acids is 4. The number of halogens is 1. The van der Waals surface area contributed by atoms with Crippen molar-refractivity contribution < 1.29 is 23.9 Å². The molecule has 3 atom stereocenters. The Balaban J connectivity index is 1.40. The number of aromatic amines is 1. The van der Waals surface area contributed by atoms with Gasteiger partial charge in [0, 0.05) is 34.9 Å². The molecule has 10 heteroatoms. The lowest BCUT2D eigenvalue weighted by Gasteiger charge is -2.32. The lowest BCUT2D eigenvalue weighted by molar-refractivity contribution is -0.146. The van der Waals surface area contributed by atoms with Gasteiger partial charge < -0.3 is 25.3 Å². The van der Waals surface area contributed by atoms with Gasteiger partial charge in [-0.15, -0.1) is 0 Å². The van der Waals surface area contributed by atoms with E-state index in [1.807, 2.05) is 12.1 Å². The van der Waals surface area contributed by atoms with Crippen molar-refractivity contribution in [1.29, 1.82) is 0 Å². The molecule has 2 aliphatic heterocycles. The van der Waals surface area contributed by atoms with E-state index in [0.29, 0.717) is 36.6 Å². The van der Waals surface area contributed by atoms with Gasteiger partial charge in [0.05, 0.1) is 7.11 Å². The number of benzene rings is 1. The maximum Gasteiger partial charge on any atom is 0.328 e. The molecule has 3 N–H and O–H groups in total. The van der Waals surface area contributed by atoms with Crippen LogP contribution in [0.15, 0.2) is 24.3 Å². The van der Waals surface area contributed by atoms with Crippen LogP contribution in [0, 0.1) is 11.3 Å². The van der Waals surface area contributed by atoms with E-state index in [1.165, 1.54) is 7.11 Å². The van der Waals surface area contributed by atoms with Gasteiger partial charge in [0.25, 0.3) is 5.91 Å². The lowest BCUT2D eigenvalue weighted by Crippen LogP contribution is -2.52. The zero-order chi connectivity index (χ0) is 26.9. The van der Waals surface area contributed by atoms with Gasteiger partial charge in [0.1, 0.15) is 17.8 Å². The van der Waals surface area contributed by atoms with Crippen molar-refractivity contribution in [3.63, 3.8) is 0 Å². The smallest absolute Gasteiger partial charge is 0.328 e. The van der Waals surface area contributed by atoms with Crippen molar-refractivity contribution in [2.75, 3.05) is 20.2 Å². The molecular formula is C28H35ClN4O5. The number of esters is 1. The number of likely N-dealkylation sites (tertiary alicyclic amines) is 1. The highest BCUT2D eigenvalue weighted by Gasteiger charge is 2.49. The number of ether oxygens (including phenoxy) is 1. The molecule has 1 unspecified atom stereocenters. The fourth-order valence-electron chi connectivity index (χ4n) is 6.53.